The largest absolute Gasteiger partial charge is 0.312 e. The molecule has 0 atom stereocenters. The van der Waals surface area contributed by atoms with Crippen molar-refractivity contribution < 1.29 is 8.42 Å². The Kier molecular flexibility index (Phi) is 5.05. The van der Waals surface area contributed by atoms with Crippen LogP contribution in [-0.4, -0.2) is 27.0 Å². The van der Waals surface area contributed by atoms with Crippen LogP contribution in [0.4, 0.5) is 0 Å². The molecule has 1 aromatic rings. The third kappa shape index (κ3) is 4.70. The summed E-state index contributed by atoms with van der Waals surface area (Å²) in [7, 11) is -2.93. The smallest absolute Gasteiger partial charge is 0.148 e. The minimum atomic E-state index is -2.93. The molecule has 0 amide bonds. The predicted octanol–water partition coefficient (Wildman–Crippen LogP) is 2.13. The Morgan fingerprint density at radius 1 is 1.25 bits per heavy atom. The summed E-state index contributed by atoms with van der Waals surface area (Å²) in [6.45, 7) is 0.856. The highest BCUT2D eigenvalue weighted by Gasteiger charge is 2.05. The number of sulfone groups is 1. The molecule has 0 saturated heterocycles. The monoisotopic (exact) mass is 281 g/mol. The van der Waals surface area contributed by atoms with Crippen molar-refractivity contribution in [3.63, 3.8) is 0 Å². The van der Waals surface area contributed by atoms with E-state index in [-0.39, 0.29) is 5.75 Å². The summed E-state index contributed by atoms with van der Waals surface area (Å²) in [5.41, 5.74) is 0.791. The Morgan fingerprint density at radius 2 is 1.81 bits per heavy atom. The van der Waals surface area contributed by atoms with Crippen LogP contribution in [-0.2, 0) is 16.4 Å². The quantitative estimate of drug-likeness (QED) is 0.841. The first-order valence-electron chi connectivity index (χ1n) is 4.71. The van der Waals surface area contributed by atoms with Crippen molar-refractivity contribution >= 4 is 33.0 Å². The lowest BCUT2D eigenvalue weighted by atomic mass is 10.2. The molecule has 0 fully saturated rings. The molecule has 0 unspecified atom stereocenters. The Bertz CT molecular complexity index is 440. The Morgan fingerprint density at radius 3 is 2.31 bits per heavy atom. The van der Waals surface area contributed by atoms with E-state index >= 15 is 0 Å². The molecule has 6 heteroatoms. The maximum atomic E-state index is 10.9. The fourth-order valence-corrected chi connectivity index (χ4v) is 2.22. The number of halogens is 2. The van der Waals surface area contributed by atoms with Gasteiger partial charge in [-0.3, -0.25) is 0 Å². The number of nitrogens with one attached hydrogen (secondary N) is 1. The molecule has 0 saturated carbocycles. The van der Waals surface area contributed by atoms with Gasteiger partial charge >= 0.3 is 0 Å². The van der Waals surface area contributed by atoms with Crippen molar-refractivity contribution in [2.75, 3.05) is 18.6 Å². The van der Waals surface area contributed by atoms with Crippen molar-refractivity contribution in [2.45, 2.75) is 6.54 Å². The fraction of sp³-hybridized carbons (Fsp3) is 0.400. The molecule has 0 aliphatic rings. The summed E-state index contributed by atoms with van der Waals surface area (Å²) < 4.78 is 21.8. The summed E-state index contributed by atoms with van der Waals surface area (Å²) in [4.78, 5) is 0. The highest BCUT2D eigenvalue weighted by molar-refractivity contribution is 7.90. The zero-order valence-electron chi connectivity index (χ0n) is 8.83. The van der Waals surface area contributed by atoms with E-state index in [0.29, 0.717) is 23.1 Å². The van der Waals surface area contributed by atoms with Gasteiger partial charge in [-0.1, -0.05) is 29.3 Å². The van der Waals surface area contributed by atoms with Gasteiger partial charge < -0.3 is 5.32 Å². The van der Waals surface area contributed by atoms with Gasteiger partial charge in [-0.05, 0) is 12.1 Å². The molecular weight excluding hydrogens is 269 g/mol. The van der Waals surface area contributed by atoms with Gasteiger partial charge in [-0.25, -0.2) is 8.42 Å². The van der Waals surface area contributed by atoms with E-state index in [4.69, 9.17) is 23.2 Å². The molecule has 0 aliphatic heterocycles. The third-order valence-corrected chi connectivity index (χ3v) is 3.67. The van der Waals surface area contributed by atoms with E-state index in [9.17, 15) is 8.42 Å². The first-order valence-corrected chi connectivity index (χ1v) is 7.53. The van der Waals surface area contributed by atoms with Crippen LogP contribution in [0.15, 0.2) is 18.2 Å². The number of hydrogen-bond acceptors (Lipinski definition) is 3. The lowest BCUT2D eigenvalue weighted by Crippen LogP contribution is -2.22. The predicted molar refractivity (Wildman–Crippen MR) is 67.9 cm³/mol. The molecule has 0 aliphatic carbocycles. The van der Waals surface area contributed by atoms with Gasteiger partial charge in [0.2, 0.25) is 0 Å². The van der Waals surface area contributed by atoms with Crippen LogP contribution in [0.5, 0.6) is 0 Å². The van der Waals surface area contributed by atoms with Gasteiger partial charge in [0.15, 0.2) is 0 Å². The molecule has 0 bridgehead atoms. The van der Waals surface area contributed by atoms with Crippen molar-refractivity contribution in [3.05, 3.63) is 33.8 Å². The van der Waals surface area contributed by atoms with E-state index in [0.717, 1.165) is 5.56 Å². The number of benzene rings is 1. The van der Waals surface area contributed by atoms with Gasteiger partial charge in [0, 0.05) is 35.0 Å². The van der Waals surface area contributed by atoms with Crippen molar-refractivity contribution in [1.29, 1.82) is 0 Å². The molecule has 0 spiro atoms. The summed E-state index contributed by atoms with van der Waals surface area (Å²) >= 11 is 11.9. The first-order chi connectivity index (χ1) is 7.40. The van der Waals surface area contributed by atoms with Crippen LogP contribution in [0.2, 0.25) is 10.0 Å². The molecule has 1 rings (SSSR count). The van der Waals surface area contributed by atoms with E-state index in [1.807, 2.05) is 0 Å². The molecule has 90 valence electrons. The lowest BCUT2D eigenvalue weighted by Gasteiger charge is -2.07. The fourth-order valence-electron chi connectivity index (χ4n) is 1.17. The molecule has 1 aromatic carbocycles. The Hall–Kier alpha value is -0.290. The van der Waals surface area contributed by atoms with E-state index in [1.54, 1.807) is 18.2 Å². The van der Waals surface area contributed by atoms with E-state index in [2.05, 4.69) is 5.32 Å². The van der Waals surface area contributed by atoms with Crippen LogP contribution in [0.3, 0.4) is 0 Å². The summed E-state index contributed by atoms with van der Waals surface area (Å²) in [6, 6.07) is 5.27. The van der Waals surface area contributed by atoms with Crippen LogP contribution in [0.1, 0.15) is 5.56 Å². The van der Waals surface area contributed by atoms with Gasteiger partial charge in [-0.15, -0.1) is 0 Å². The van der Waals surface area contributed by atoms with Crippen molar-refractivity contribution in [3.8, 4) is 0 Å². The molecule has 0 heterocycles. The summed E-state index contributed by atoms with van der Waals surface area (Å²) in [5, 5.41) is 4.16. The molecular formula is C10H13Cl2NO2S. The van der Waals surface area contributed by atoms with Gasteiger partial charge in [0.05, 0.1) is 5.75 Å². The molecule has 0 aromatic heterocycles. The molecule has 1 N–H and O–H groups in total. The van der Waals surface area contributed by atoms with Crippen LogP contribution >= 0.6 is 23.2 Å². The first kappa shape index (κ1) is 13.8. The highest BCUT2D eigenvalue weighted by atomic mass is 35.5. The molecule has 16 heavy (non-hydrogen) atoms. The molecule has 3 nitrogen and oxygen atoms in total. The lowest BCUT2D eigenvalue weighted by molar-refractivity contribution is 0.596. The Labute approximate surface area is 106 Å². The van der Waals surface area contributed by atoms with E-state index in [1.165, 1.54) is 6.26 Å². The minimum absolute atomic E-state index is 0.106. The zero-order valence-corrected chi connectivity index (χ0v) is 11.2. The summed E-state index contributed by atoms with van der Waals surface area (Å²) in [5.74, 6) is 0.106. The van der Waals surface area contributed by atoms with E-state index < -0.39 is 9.84 Å². The summed E-state index contributed by atoms with van der Waals surface area (Å²) in [6.07, 6.45) is 1.21. The normalized spacial score (nSPS) is 11.7. The van der Waals surface area contributed by atoms with Crippen LogP contribution in [0.25, 0.3) is 0 Å². The third-order valence-electron chi connectivity index (χ3n) is 2.01. The van der Waals surface area contributed by atoms with Crippen LogP contribution in [0, 0.1) is 0 Å². The number of hydrogen-bond donors (Lipinski definition) is 1. The number of rotatable bonds is 5. The standard InChI is InChI=1S/C10H13Cl2NO2S/c1-16(14,15)6-5-13-7-8-9(11)3-2-4-10(8)12/h2-4,13H,5-7H2,1H3. The Balaban J connectivity index is 2.49. The van der Waals surface area contributed by atoms with Gasteiger partial charge in [-0.2, -0.15) is 0 Å². The van der Waals surface area contributed by atoms with Gasteiger partial charge in [0.1, 0.15) is 9.84 Å². The average Bonchev–Trinajstić information content (AvgIpc) is 2.14. The van der Waals surface area contributed by atoms with Crippen LogP contribution < -0.4 is 5.32 Å². The average molecular weight is 282 g/mol. The zero-order chi connectivity index (χ0) is 12.2. The SMILES string of the molecule is CS(=O)(=O)CCNCc1c(Cl)cccc1Cl. The maximum absolute atomic E-state index is 10.9. The second kappa shape index (κ2) is 5.87. The van der Waals surface area contributed by atoms with Crippen molar-refractivity contribution in [2.24, 2.45) is 0 Å². The van der Waals surface area contributed by atoms with Gasteiger partial charge in [0.25, 0.3) is 0 Å². The van der Waals surface area contributed by atoms with Crippen molar-refractivity contribution in [1.82, 2.24) is 5.32 Å². The molecule has 0 radical (unpaired) electrons. The topological polar surface area (TPSA) is 46.2 Å². The maximum Gasteiger partial charge on any atom is 0.148 e. The highest BCUT2D eigenvalue weighted by Crippen LogP contribution is 2.23. The minimum Gasteiger partial charge on any atom is -0.312 e. The second-order valence-corrected chi connectivity index (χ2v) is 6.58. The second-order valence-electron chi connectivity index (χ2n) is 3.51.